The van der Waals surface area contributed by atoms with Gasteiger partial charge in [-0.3, -0.25) is 4.79 Å². The number of anilines is 3. The minimum absolute atomic E-state index is 0.113. The van der Waals surface area contributed by atoms with Crippen molar-refractivity contribution in [3.8, 4) is 45.6 Å². The van der Waals surface area contributed by atoms with E-state index in [0.717, 1.165) is 50.6 Å². The maximum absolute atomic E-state index is 12.8. The van der Waals surface area contributed by atoms with Crippen molar-refractivity contribution in [3.63, 3.8) is 0 Å². The van der Waals surface area contributed by atoms with E-state index in [4.69, 9.17) is 23.7 Å². The number of aryl methyl sites for hydroxylation is 2. The number of esters is 1. The lowest BCUT2D eigenvalue weighted by atomic mass is 9.84. The Kier molecular flexibility index (Phi) is 12.6. The first-order chi connectivity index (χ1) is 30.7. The van der Waals surface area contributed by atoms with Gasteiger partial charge in [0.1, 0.15) is 34.5 Å². The van der Waals surface area contributed by atoms with Crippen LogP contribution in [0, 0.1) is 13.8 Å². The van der Waals surface area contributed by atoms with E-state index in [1.54, 1.807) is 67.8 Å². The molecule has 0 saturated carbocycles. The maximum Gasteiger partial charge on any atom is 0.519 e. The number of rotatable bonds is 13. The smallest absolute Gasteiger partial charge is 0.497 e. The second-order valence-corrected chi connectivity index (χ2v) is 15.0. The number of carbonyl (C=O) groups excluding carboxylic acids is 2. The summed E-state index contributed by atoms with van der Waals surface area (Å²) in [7, 11) is 1.66. The number of methoxy groups -OCH3 is 1. The van der Waals surface area contributed by atoms with Crippen LogP contribution in [-0.2, 0) is 4.79 Å². The van der Waals surface area contributed by atoms with E-state index >= 15 is 0 Å². The molecule has 0 N–H and O–H groups in total. The van der Waals surface area contributed by atoms with Crippen molar-refractivity contribution in [1.29, 1.82) is 0 Å². The average Bonchev–Trinajstić information content (AvgIpc) is 3.30. The molecule has 0 aliphatic heterocycles. The molecule has 0 aliphatic carbocycles. The molecule has 8 rings (SSSR count). The molecule has 0 amide bonds. The molecule has 1 unspecified atom stereocenters. The third kappa shape index (κ3) is 10.4. The van der Waals surface area contributed by atoms with Crippen LogP contribution in [-0.4, -0.2) is 19.2 Å². The fourth-order valence-corrected chi connectivity index (χ4v) is 7.27. The number of carbonyl (C=O) groups is 2. The lowest BCUT2D eigenvalue weighted by Gasteiger charge is -2.26. The zero-order chi connectivity index (χ0) is 43.7. The molecule has 0 aromatic heterocycles. The van der Waals surface area contributed by atoms with Crippen LogP contribution in [0.3, 0.4) is 0 Å². The van der Waals surface area contributed by atoms with E-state index in [9.17, 15) is 9.59 Å². The highest BCUT2D eigenvalue weighted by molar-refractivity contribution is 5.78. The van der Waals surface area contributed by atoms with Crippen LogP contribution in [0.2, 0.25) is 0 Å². The van der Waals surface area contributed by atoms with Gasteiger partial charge in [-0.25, -0.2) is 4.79 Å². The van der Waals surface area contributed by atoms with Crippen molar-refractivity contribution in [2.75, 3.05) is 12.0 Å². The van der Waals surface area contributed by atoms with Gasteiger partial charge in [-0.2, -0.15) is 0 Å². The molecule has 0 spiro atoms. The Morgan fingerprint density at radius 2 is 0.714 bits per heavy atom. The summed E-state index contributed by atoms with van der Waals surface area (Å²) in [5.41, 5.74) is 11.1. The Morgan fingerprint density at radius 1 is 0.397 bits per heavy atom. The van der Waals surface area contributed by atoms with Crippen molar-refractivity contribution < 1.29 is 33.3 Å². The summed E-state index contributed by atoms with van der Waals surface area (Å²) in [6, 6.07) is 63.3. The highest BCUT2D eigenvalue weighted by atomic mass is 16.7. The SMILES string of the molecule is COc1ccc(C(c2ccc(OC(=O)Oc3ccc(Oc4ccc(OC(C)=O)cc4)cc3)cc2)c2ccc(-c3ccc(N(c4ccc(C)cc4)c4ccc(C)cc4)cc3)cc2)cc1. The van der Waals surface area contributed by atoms with Gasteiger partial charge in [-0.05, 0) is 151 Å². The first kappa shape index (κ1) is 41.6. The van der Waals surface area contributed by atoms with Crippen molar-refractivity contribution >= 4 is 29.2 Å². The Bertz CT molecular complexity index is 2720. The largest absolute Gasteiger partial charge is 0.519 e. The normalized spacial score (nSPS) is 11.2. The second-order valence-electron chi connectivity index (χ2n) is 15.0. The zero-order valence-electron chi connectivity index (χ0n) is 35.4. The van der Waals surface area contributed by atoms with Crippen LogP contribution in [0.4, 0.5) is 21.9 Å². The second kappa shape index (κ2) is 19.1. The molecule has 312 valence electrons. The Hall–Kier alpha value is -8.10. The van der Waals surface area contributed by atoms with Gasteiger partial charge in [0.2, 0.25) is 0 Å². The molecule has 0 aliphatic rings. The molecule has 1 atom stereocenters. The summed E-state index contributed by atoms with van der Waals surface area (Å²) in [5.74, 6) is 2.40. The van der Waals surface area contributed by atoms with E-state index in [0.29, 0.717) is 28.7 Å². The molecule has 8 aromatic carbocycles. The first-order valence-corrected chi connectivity index (χ1v) is 20.5. The lowest BCUT2D eigenvalue weighted by molar-refractivity contribution is -0.131. The highest BCUT2D eigenvalue weighted by Crippen LogP contribution is 2.38. The third-order valence-electron chi connectivity index (χ3n) is 10.5. The molecule has 0 radical (unpaired) electrons. The van der Waals surface area contributed by atoms with Gasteiger partial charge in [0, 0.05) is 29.9 Å². The van der Waals surface area contributed by atoms with Gasteiger partial charge in [0.05, 0.1) is 7.11 Å². The number of nitrogens with zero attached hydrogens (tertiary/aromatic N) is 1. The number of hydrogen-bond acceptors (Lipinski definition) is 8. The monoisotopic (exact) mass is 831 g/mol. The standard InChI is InChI=1S/C55H45NO7/c1-37-5-19-45(20-6-37)56(46-21-7-38(2)8-22-46)47-23-13-41(14-24-47)40-9-11-42(12-10-40)54(43-15-25-48(59-4)26-16-43)44-17-27-52(28-18-44)62-55(58)63-53-35-33-51(34-36-53)61-50-31-29-49(30-32-50)60-39(3)57/h5-36,54H,1-4H3. The van der Waals surface area contributed by atoms with Gasteiger partial charge in [0.15, 0.2) is 0 Å². The number of benzene rings is 8. The zero-order valence-corrected chi connectivity index (χ0v) is 35.4. The van der Waals surface area contributed by atoms with Crippen molar-refractivity contribution in [3.05, 3.63) is 222 Å². The maximum atomic E-state index is 12.8. The molecular weight excluding hydrogens is 787 g/mol. The predicted octanol–water partition coefficient (Wildman–Crippen LogP) is 13.9. The molecule has 0 fully saturated rings. The predicted molar refractivity (Wildman–Crippen MR) is 247 cm³/mol. The molecule has 0 saturated heterocycles. The van der Waals surface area contributed by atoms with E-state index in [2.05, 4.69) is 128 Å². The van der Waals surface area contributed by atoms with Crippen molar-refractivity contribution in [2.45, 2.75) is 26.7 Å². The lowest BCUT2D eigenvalue weighted by Crippen LogP contribution is -2.13. The van der Waals surface area contributed by atoms with Crippen LogP contribution < -0.4 is 28.6 Å². The number of hydrogen-bond donors (Lipinski definition) is 0. The topological polar surface area (TPSA) is 83.5 Å². The van der Waals surface area contributed by atoms with Gasteiger partial charge in [-0.15, -0.1) is 0 Å². The summed E-state index contributed by atoms with van der Waals surface area (Å²) in [6.07, 6.45) is -0.870. The van der Waals surface area contributed by atoms with Gasteiger partial charge >= 0.3 is 12.1 Å². The number of ether oxygens (including phenoxy) is 5. The van der Waals surface area contributed by atoms with Gasteiger partial charge in [0.25, 0.3) is 0 Å². The third-order valence-corrected chi connectivity index (χ3v) is 10.5. The molecule has 8 nitrogen and oxygen atoms in total. The average molecular weight is 832 g/mol. The van der Waals surface area contributed by atoms with Gasteiger partial charge in [-0.1, -0.05) is 96.1 Å². The van der Waals surface area contributed by atoms with Crippen molar-refractivity contribution in [2.24, 2.45) is 0 Å². The summed E-state index contributed by atoms with van der Waals surface area (Å²) in [4.78, 5) is 26.3. The van der Waals surface area contributed by atoms with E-state index < -0.39 is 12.1 Å². The van der Waals surface area contributed by atoms with Gasteiger partial charge < -0.3 is 28.6 Å². The quantitative estimate of drug-likeness (QED) is 0.0492. The van der Waals surface area contributed by atoms with Crippen LogP contribution >= 0.6 is 0 Å². The Labute approximate surface area is 367 Å². The highest BCUT2D eigenvalue weighted by Gasteiger charge is 2.19. The van der Waals surface area contributed by atoms with Crippen LogP contribution in [0.1, 0.15) is 40.7 Å². The minimum Gasteiger partial charge on any atom is -0.497 e. The Morgan fingerprint density at radius 3 is 1.11 bits per heavy atom. The molecule has 8 aromatic rings. The molecule has 63 heavy (non-hydrogen) atoms. The van der Waals surface area contributed by atoms with E-state index in [-0.39, 0.29) is 5.92 Å². The molecule has 8 heteroatoms. The Balaban J connectivity index is 0.958. The fraction of sp³-hybridized carbons (Fsp3) is 0.0909. The fourth-order valence-electron chi connectivity index (χ4n) is 7.27. The summed E-state index contributed by atoms with van der Waals surface area (Å²) < 4.78 is 27.4. The molecular formula is C55H45NO7. The minimum atomic E-state index is -0.870. The summed E-state index contributed by atoms with van der Waals surface area (Å²) in [6.45, 7) is 5.55. The molecule has 0 heterocycles. The summed E-state index contributed by atoms with van der Waals surface area (Å²) in [5, 5.41) is 0. The van der Waals surface area contributed by atoms with Crippen LogP contribution in [0.15, 0.2) is 194 Å². The van der Waals surface area contributed by atoms with Crippen LogP contribution in [0.5, 0.6) is 34.5 Å². The van der Waals surface area contributed by atoms with Crippen LogP contribution in [0.25, 0.3) is 11.1 Å². The summed E-state index contributed by atoms with van der Waals surface area (Å²) >= 11 is 0. The first-order valence-electron chi connectivity index (χ1n) is 20.5. The van der Waals surface area contributed by atoms with E-state index in [1.807, 2.05) is 24.3 Å². The molecule has 0 bridgehead atoms. The van der Waals surface area contributed by atoms with E-state index in [1.165, 1.54) is 18.1 Å². The van der Waals surface area contributed by atoms with Crippen molar-refractivity contribution in [1.82, 2.24) is 0 Å².